The van der Waals surface area contributed by atoms with Gasteiger partial charge in [0.05, 0.1) is 13.2 Å². The average molecular weight is 404 g/mol. The molecule has 0 amide bonds. The van der Waals surface area contributed by atoms with E-state index in [0.29, 0.717) is 4.32 Å². The molecular weight excluding hydrogens is 386 g/mol. The molecule has 0 rings (SSSR count). The standard InChI is InChI=1S/C9H18Cl3N2O3PS2/c1-5-16-18(15,17-6-2)13-7(9(10,11)12)20-8(19)14(3)4/h7H,5-6H2,1-4H3,(H,13,15). The number of nitrogens with one attached hydrogen (secondary N) is 1. The molecule has 1 unspecified atom stereocenters. The van der Waals surface area contributed by atoms with Crippen molar-refractivity contribution in [3.63, 3.8) is 0 Å². The van der Waals surface area contributed by atoms with Gasteiger partial charge in [0.1, 0.15) is 9.69 Å². The molecule has 1 atom stereocenters. The third-order valence-electron chi connectivity index (χ3n) is 1.75. The van der Waals surface area contributed by atoms with Gasteiger partial charge in [-0.05, 0) is 13.8 Å². The van der Waals surface area contributed by atoms with Gasteiger partial charge in [-0.25, -0.2) is 9.65 Å². The molecule has 0 heterocycles. The summed E-state index contributed by atoms with van der Waals surface area (Å²) in [4.78, 5) is 1.68. The highest BCUT2D eigenvalue weighted by Gasteiger charge is 2.40. The summed E-state index contributed by atoms with van der Waals surface area (Å²) in [5, 5.41) is 1.74. The van der Waals surface area contributed by atoms with Gasteiger partial charge >= 0.3 is 7.75 Å². The molecule has 0 radical (unpaired) electrons. The second-order valence-electron chi connectivity index (χ2n) is 3.66. The van der Waals surface area contributed by atoms with Gasteiger partial charge < -0.3 is 4.90 Å². The fourth-order valence-corrected chi connectivity index (χ4v) is 4.58. The zero-order valence-corrected chi connectivity index (χ0v) is 16.4. The van der Waals surface area contributed by atoms with Crippen LogP contribution in [0.2, 0.25) is 0 Å². The fraction of sp³-hybridized carbons (Fsp3) is 0.889. The summed E-state index contributed by atoms with van der Waals surface area (Å²) < 4.78 is 21.4. The number of thiocarbonyl (C=S) groups is 1. The first-order valence-electron chi connectivity index (χ1n) is 5.67. The van der Waals surface area contributed by atoms with Crippen molar-refractivity contribution >= 4 is 70.8 Å². The minimum absolute atomic E-state index is 0.194. The van der Waals surface area contributed by atoms with Crippen molar-refractivity contribution in [1.82, 2.24) is 9.99 Å². The molecule has 0 saturated heterocycles. The van der Waals surface area contributed by atoms with Crippen LogP contribution in [-0.4, -0.2) is 45.7 Å². The van der Waals surface area contributed by atoms with E-state index in [-0.39, 0.29) is 13.2 Å². The second kappa shape index (κ2) is 9.38. The highest BCUT2D eigenvalue weighted by atomic mass is 35.6. The van der Waals surface area contributed by atoms with Crippen LogP contribution in [0.25, 0.3) is 0 Å². The molecule has 11 heteroatoms. The van der Waals surface area contributed by atoms with E-state index in [9.17, 15) is 4.57 Å². The number of rotatable bonds is 7. The lowest BCUT2D eigenvalue weighted by Gasteiger charge is -2.29. The maximum atomic E-state index is 12.4. The lowest BCUT2D eigenvalue weighted by Crippen LogP contribution is -2.38. The molecule has 0 aromatic carbocycles. The Morgan fingerprint density at radius 3 is 2.10 bits per heavy atom. The molecule has 20 heavy (non-hydrogen) atoms. The molecule has 0 aliphatic carbocycles. The van der Waals surface area contributed by atoms with Crippen LogP contribution < -0.4 is 5.09 Å². The summed E-state index contributed by atoms with van der Waals surface area (Å²) in [6.07, 6.45) is 0. The molecule has 0 spiro atoms. The van der Waals surface area contributed by atoms with Crippen molar-refractivity contribution in [2.75, 3.05) is 27.3 Å². The molecule has 5 nitrogen and oxygen atoms in total. The van der Waals surface area contributed by atoms with Gasteiger partial charge in [0.25, 0.3) is 0 Å². The molecule has 0 bridgehead atoms. The van der Waals surface area contributed by atoms with Gasteiger partial charge in [0.15, 0.2) is 0 Å². The predicted molar refractivity (Wildman–Crippen MR) is 91.9 cm³/mol. The predicted octanol–water partition coefficient (Wildman–Crippen LogP) is 4.03. The zero-order chi connectivity index (χ0) is 16.0. The highest BCUT2D eigenvalue weighted by Crippen LogP contribution is 2.49. The van der Waals surface area contributed by atoms with Crippen molar-refractivity contribution in [1.29, 1.82) is 0 Å². The lowest BCUT2D eigenvalue weighted by atomic mass is 10.8. The van der Waals surface area contributed by atoms with Crippen molar-refractivity contribution in [3.8, 4) is 0 Å². The van der Waals surface area contributed by atoms with E-state index in [0.717, 1.165) is 11.8 Å². The normalized spacial score (nSPS) is 14.2. The molecule has 0 saturated carbocycles. The quantitative estimate of drug-likeness (QED) is 0.298. The molecule has 0 aromatic rings. The minimum atomic E-state index is -3.56. The van der Waals surface area contributed by atoms with E-state index < -0.39 is 16.9 Å². The smallest absolute Gasteiger partial charge is 0.364 e. The summed E-state index contributed by atoms with van der Waals surface area (Å²) in [5.74, 6) is 0. The average Bonchev–Trinajstić information content (AvgIpc) is 2.27. The summed E-state index contributed by atoms with van der Waals surface area (Å²) in [7, 11) is -0.0420. The van der Waals surface area contributed by atoms with Crippen molar-refractivity contribution in [2.24, 2.45) is 0 Å². The van der Waals surface area contributed by atoms with Crippen LogP contribution in [0, 0.1) is 0 Å². The van der Waals surface area contributed by atoms with Crippen molar-refractivity contribution in [2.45, 2.75) is 23.0 Å². The van der Waals surface area contributed by atoms with E-state index in [2.05, 4.69) is 5.09 Å². The van der Waals surface area contributed by atoms with Gasteiger partial charge in [-0.2, -0.15) is 0 Å². The largest absolute Gasteiger partial charge is 0.406 e. The Morgan fingerprint density at radius 2 is 1.80 bits per heavy atom. The SMILES string of the molecule is CCOP(=O)(NC(SC(=S)N(C)C)C(Cl)(Cl)Cl)OCC. The van der Waals surface area contributed by atoms with Crippen LogP contribution in [0.4, 0.5) is 0 Å². The summed E-state index contributed by atoms with van der Waals surface area (Å²) in [6, 6.07) is 0. The molecule has 120 valence electrons. The van der Waals surface area contributed by atoms with Gasteiger partial charge in [-0.1, -0.05) is 58.8 Å². The fourth-order valence-electron chi connectivity index (χ4n) is 0.968. The first-order chi connectivity index (χ1) is 9.05. The Morgan fingerprint density at radius 1 is 1.35 bits per heavy atom. The maximum Gasteiger partial charge on any atom is 0.406 e. The Hall–Kier alpha value is 1.22. The molecular formula is C9H18Cl3N2O3PS2. The Labute approximate surface area is 144 Å². The first-order valence-corrected chi connectivity index (χ1v) is 9.63. The zero-order valence-electron chi connectivity index (χ0n) is 11.6. The number of halogens is 3. The van der Waals surface area contributed by atoms with Crippen molar-refractivity contribution in [3.05, 3.63) is 0 Å². The number of hydrogen-bond donors (Lipinski definition) is 1. The van der Waals surface area contributed by atoms with E-state index in [4.69, 9.17) is 56.1 Å². The third-order valence-corrected chi connectivity index (χ3v) is 6.67. The Bertz CT molecular complexity index is 359. The second-order valence-corrected chi connectivity index (χ2v) is 9.54. The summed E-state index contributed by atoms with van der Waals surface area (Å²) in [6.45, 7) is 3.77. The minimum Gasteiger partial charge on any atom is -0.364 e. The molecule has 1 N–H and O–H groups in total. The number of thioether (sulfide) groups is 1. The third kappa shape index (κ3) is 8.01. The Balaban J connectivity index is 5.05. The van der Waals surface area contributed by atoms with Crippen LogP contribution in [0.5, 0.6) is 0 Å². The molecule has 0 fully saturated rings. The summed E-state index contributed by atoms with van der Waals surface area (Å²) >= 11 is 23.9. The van der Waals surface area contributed by atoms with E-state index in [1.165, 1.54) is 0 Å². The highest BCUT2D eigenvalue weighted by molar-refractivity contribution is 8.23. The molecule has 0 aliphatic heterocycles. The maximum absolute atomic E-state index is 12.4. The van der Waals surface area contributed by atoms with Crippen LogP contribution in [0.3, 0.4) is 0 Å². The van der Waals surface area contributed by atoms with E-state index >= 15 is 0 Å². The van der Waals surface area contributed by atoms with Gasteiger partial charge in [-0.15, -0.1) is 0 Å². The number of hydrogen-bond acceptors (Lipinski definition) is 5. The van der Waals surface area contributed by atoms with Crippen LogP contribution >= 0.6 is 66.5 Å². The van der Waals surface area contributed by atoms with E-state index in [1.807, 2.05) is 0 Å². The van der Waals surface area contributed by atoms with Crippen LogP contribution in [0.15, 0.2) is 0 Å². The molecule has 0 aliphatic rings. The Kier molecular flexibility index (Phi) is 9.95. The topological polar surface area (TPSA) is 50.8 Å². The first kappa shape index (κ1) is 21.2. The number of nitrogens with zero attached hydrogens (tertiary/aromatic N) is 1. The van der Waals surface area contributed by atoms with Gasteiger partial charge in [0, 0.05) is 14.1 Å². The van der Waals surface area contributed by atoms with E-state index in [1.54, 1.807) is 32.8 Å². The monoisotopic (exact) mass is 402 g/mol. The lowest BCUT2D eigenvalue weighted by molar-refractivity contribution is 0.210. The van der Waals surface area contributed by atoms with Crippen LogP contribution in [-0.2, 0) is 13.6 Å². The summed E-state index contributed by atoms with van der Waals surface area (Å²) in [5.41, 5.74) is 0. The van der Waals surface area contributed by atoms with Gasteiger partial charge in [0.2, 0.25) is 3.79 Å². The van der Waals surface area contributed by atoms with Gasteiger partial charge in [-0.3, -0.25) is 9.05 Å². The molecule has 0 aromatic heterocycles. The number of alkyl halides is 3. The van der Waals surface area contributed by atoms with Crippen molar-refractivity contribution < 1.29 is 13.6 Å². The van der Waals surface area contributed by atoms with Crippen LogP contribution in [0.1, 0.15) is 13.8 Å².